The van der Waals surface area contributed by atoms with Gasteiger partial charge < -0.3 is 16.0 Å². The monoisotopic (exact) mass is 233 g/mol. The molecule has 0 radical (unpaired) electrons. The number of amides is 2. The molecule has 0 unspecified atom stereocenters. The van der Waals surface area contributed by atoms with E-state index in [1.54, 1.807) is 25.9 Å². The van der Waals surface area contributed by atoms with E-state index in [1.807, 2.05) is 6.26 Å². The van der Waals surface area contributed by atoms with E-state index in [4.69, 9.17) is 5.73 Å². The zero-order chi connectivity index (χ0) is 11.8. The maximum Gasteiger partial charge on any atom is 0.241 e. The van der Waals surface area contributed by atoms with E-state index in [9.17, 15) is 9.59 Å². The van der Waals surface area contributed by atoms with Crippen molar-refractivity contribution in [3.8, 4) is 0 Å². The number of thioether (sulfide) groups is 1. The van der Waals surface area contributed by atoms with Crippen LogP contribution in [0, 0.1) is 0 Å². The van der Waals surface area contributed by atoms with Gasteiger partial charge in [0.1, 0.15) is 0 Å². The Morgan fingerprint density at radius 1 is 1.47 bits per heavy atom. The second kappa shape index (κ2) is 7.53. The first-order valence-electron chi connectivity index (χ1n) is 4.71. The molecular formula is C9H19N3O2S. The maximum absolute atomic E-state index is 11.4. The number of hydrogen-bond donors (Lipinski definition) is 2. The lowest BCUT2D eigenvalue weighted by molar-refractivity contribution is -0.131. The van der Waals surface area contributed by atoms with Crippen LogP contribution in [0.5, 0.6) is 0 Å². The van der Waals surface area contributed by atoms with Gasteiger partial charge in [-0.25, -0.2) is 0 Å². The van der Waals surface area contributed by atoms with E-state index in [0.717, 1.165) is 5.75 Å². The molecule has 0 bridgehead atoms. The molecule has 0 aromatic rings. The quantitative estimate of drug-likeness (QED) is 0.634. The van der Waals surface area contributed by atoms with Crippen molar-refractivity contribution in [3.05, 3.63) is 0 Å². The van der Waals surface area contributed by atoms with Crippen LogP contribution < -0.4 is 11.1 Å². The second-order valence-electron chi connectivity index (χ2n) is 3.39. The topological polar surface area (TPSA) is 75.4 Å². The van der Waals surface area contributed by atoms with Crippen molar-refractivity contribution in [1.82, 2.24) is 10.2 Å². The molecule has 1 atom stereocenters. The van der Waals surface area contributed by atoms with Crippen LogP contribution in [-0.2, 0) is 9.59 Å². The first-order valence-corrected chi connectivity index (χ1v) is 6.10. The van der Waals surface area contributed by atoms with E-state index < -0.39 is 6.04 Å². The van der Waals surface area contributed by atoms with Crippen LogP contribution in [0.4, 0.5) is 0 Å². The smallest absolute Gasteiger partial charge is 0.241 e. The number of rotatable bonds is 6. The molecule has 0 saturated carbocycles. The molecule has 0 aliphatic carbocycles. The van der Waals surface area contributed by atoms with Crippen molar-refractivity contribution in [1.29, 1.82) is 0 Å². The van der Waals surface area contributed by atoms with Gasteiger partial charge >= 0.3 is 0 Å². The molecule has 0 aliphatic heterocycles. The van der Waals surface area contributed by atoms with E-state index >= 15 is 0 Å². The van der Waals surface area contributed by atoms with Gasteiger partial charge in [-0.3, -0.25) is 9.59 Å². The highest BCUT2D eigenvalue weighted by Gasteiger charge is 2.14. The first-order chi connectivity index (χ1) is 6.99. The minimum Gasteiger partial charge on any atom is -0.347 e. The third-order valence-corrected chi connectivity index (χ3v) is 2.53. The Labute approximate surface area is 94.8 Å². The Morgan fingerprint density at radius 3 is 2.53 bits per heavy atom. The van der Waals surface area contributed by atoms with Gasteiger partial charge in [0.25, 0.3) is 0 Å². The lowest BCUT2D eigenvalue weighted by Gasteiger charge is -2.13. The Hall–Kier alpha value is -0.750. The highest BCUT2D eigenvalue weighted by molar-refractivity contribution is 7.98. The fourth-order valence-corrected chi connectivity index (χ4v) is 1.32. The molecule has 0 spiro atoms. The molecule has 0 aliphatic rings. The average Bonchev–Trinajstić information content (AvgIpc) is 2.21. The third-order valence-electron chi connectivity index (χ3n) is 1.88. The van der Waals surface area contributed by atoms with Crippen molar-refractivity contribution in [2.75, 3.05) is 32.6 Å². The normalized spacial score (nSPS) is 12.0. The van der Waals surface area contributed by atoms with Crippen LogP contribution in [0.3, 0.4) is 0 Å². The van der Waals surface area contributed by atoms with Crippen LogP contribution in [0.15, 0.2) is 0 Å². The third kappa shape index (κ3) is 6.35. The zero-order valence-corrected chi connectivity index (χ0v) is 10.3. The SMILES string of the molecule is CSCC[C@@H](N)C(=O)NCC(=O)N(C)C. The highest BCUT2D eigenvalue weighted by Crippen LogP contribution is 1.98. The Bertz CT molecular complexity index is 221. The Balaban J connectivity index is 3.78. The van der Waals surface area contributed by atoms with Crippen molar-refractivity contribution in [2.24, 2.45) is 5.73 Å². The van der Waals surface area contributed by atoms with E-state index in [0.29, 0.717) is 6.42 Å². The minimum absolute atomic E-state index is 0.0127. The molecule has 88 valence electrons. The van der Waals surface area contributed by atoms with Crippen molar-refractivity contribution in [2.45, 2.75) is 12.5 Å². The fraction of sp³-hybridized carbons (Fsp3) is 0.778. The Kier molecular flexibility index (Phi) is 7.15. The molecule has 3 N–H and O–H groups in total. The van der Waals surface area contributed by atoms with Gasteiger partial charge in [-0.1, -0.05) is 0 Å². The molecule has 2 amide bonds. The van der Waals surface area contributed by atoms with Gasteiger partial charge in [-0.2, -0.15) is 11.8 Å². The van der Waals surface area contributed by atoms with Gasteiger partial charge in [-0.05, 0) is 18.4 Å². The van der Waals surface area contributed by atoms with Crippen LogP contribution in [-0.4, -0.2) is 55.4 Å². The summed E-state index contributed by atoms with van der Waals surface area (Å²) >= 11 is 1.64. The standard InChI is InChI=1S/C9H19N3O2S/c1-12(2)8(13)6-11-9(14)7(10)4-5-15-3/h7H,4-6,10H2,1-3H3,(H,11,14)/t7-/m1/s1. The summed E-state index contributed by atoms with van der Waals surface area (Å²) < 4.78 is 0. The van der Waals surface area contributed by atoms with Crippen molar-refractivity contribution < 1.29 is 9.59 Å². The van der Waals surface area contributed by atoms with Crippen molar-refractivity contribution >= 4 is 23.6 Å². The van der Waals surface area contributed by atoms with Crippen molar-refractivity contribution in [3.63, 3.8) is 0 Å². The molecule has 0 fully saturated rings. The van der Waals surface area contributed by atoms with E-state index in [2.05, 4.69) is 5.32 Å². The molecule has 0 aromatic heterocycles. The summed E-state index contributed by atoms with van der Waals surface area (Å²) in [6.45, 7) is 0.0127. The summed E-state index contributed by atoms with van der Waals surface area (Å²) in [5.74, 6) is 0.440. The largest absolute Gasteiger partial charge is 0.347 e. The number of nitrogens with two attached hydrogens (primary N) is 1. The number of carbonyl (C=O) groups excluding carboxylic acids is 2. The van der Waals surface area contributed by atoms with E-state index in [1.165, 1.54) is 4.90 Å². The summed E-state index contributed by atoms with van der Waals surface area (Å²) in [5.41, 5.74) is 5.62. The molecular weight excluding hydrogens is 214 g/mol. The number of likely N-dealkylation sites (N-methyl/N-ethyl adjacent to an activating group) is 1. The lowest BCUT2D eigenvalue weighted by atomic mass is 10.2. The molecule has 0 rings (SSSR count). The first kappa shape index (κ1) is 14.2. The maximum atomic E-state index is 11.4. The summed E-state index contributed by atoms with van der Waals surface area (Å²) in [5, 5.41) is 2.51. The summed E-state index contributed by atoms with van der Waals surface area (Å²) in [6.07, 6.45) is 2.59. The molecule has 5 nitrogen and oxygen atoms in total. The zero-order valence-electron chi connectivity index (χ0n) is 9.45. The lowest BCUT2D eigenvalue weighted by Crippen LogP contribution is -2.44. The molecule has 6 heteroatoms. The van der Waals surface area contributed by atoms with Crippen LogP contribution >= 0.6 is 11.8 Å². The van der Waals surface area contributed by atoms with Gasteiger partial charge in [0.05, 0.1) is 12.6 Å². The van der Waals surface area contributed by atoms with Gasteiger partial charge in [0.2, 0.25) is 11.8 Å². The van der Waals surface area contributed by atoms with Crippen LogP contribution in [0.25, 0.3) is 0 Å². The summed E-state index contributed by atoms with van der Waals surface area (Å²) in [6, 6.07) is -0.521. The molecule has 0 saturated heterocycles. The number of nitrogens with one attached hydrogen (secondary N) is 1. The Morgan fingerprint density at radius 2 is 2.07 bits per heavy atom. The van der Waals surface area contributed by atoms with Crippen LogP contribution in [0.2, 0.25) is 0 Å². The number of nitrogens with zero attached hydrogens (tertiary/aromatic N) is 1. The average molecular weight is 233 g/mol. The van der Waals surface area contributed by atoms with Gasteiger partial charge in [0.15, 0.2) is 0 Å². The van der Waals surface area contributed by atoms with Gasteiger partial charge in [-0.15, -0.1) is 0 Å². The van der Waals surface area contributed by atoms with Gasteiger partial charge in [0, 0.05) is 14.1 Å². The molecule has 0 heterocycles. The summed E-state index contributed by atoms with van der Waals surface area (Å²) in [7, 11) is 3.28. The summed E-state index contributed by atoms with van der Waals surface area (Å²) in [4.78, 5) is 23.9. The highest BCUT2D eigenvalue weighted by atomic mass is 32.2. The fourth-order valence-electron chi connectivity index (χ4n) is 0.828. The predicted molar refractivity (Wildman–Crippen MR) is 62.7 cm³/mol. The number of hydrogen-bond acceptors (Lipinski definition) is 4. The molecule has 15 heavy (non-hydrogen) atoms. The number of carbonyl (C=O) groups is 2. The predicted octanol–water partition coefficient (Wildman–Crippen LogP) is -0.729. The van der Waals surface area contributed by atoms with E-state index in [-0.39, 0.29) is 18.4 Å². The second-order valence-corrected chi connectivity index (χ2v) is 4.38. The minimum atomic E-state index is -0.521. The molecule has 0 aromatic carbocycles. The van der Waals surface area contributed by atoms with Crippen LogP contribution in [0.1, 0.15) is 6.42 Å².